The van der Waals surface area contributed by atoms with Gasteiger partial charge in [0.15, 0.2) is 9.84 Å². The number of rotatable bonds is 5. The fraction of sp³-hybridized carbons (Fsp3) is 0.647. The van der Waals surface area contributed by atoms with Crippen molar-refractivity contribution in [2.75, 3.05) is 43.9 Å². The minimum atomic E-state index is -3.65. The molecule has 0 bridgehead atoms. The van der Waals surface area contributed by atoms with E-state index in [1.54, 1.807) is 6.07 Å². The number of nitrogens with zero attached hydrogens (tertiary/aromatic N) is 3. The average Bonchev–Trinajstić information content (AvgIpc) is 2.51. The summed E-state index contributed by atoms with van der Waals surface area (Å²) in [7, 11) is -3.65. The van der Waals surface area contributed by atoms with Crippen LogP contribution in [0, 0.1) is 15.5 Å². The molecule has 0 amide bonds. The predicted octanol–water partition coefficient (Wildman–Crippen LogP) is 2.56. The Labute approximate surface area is 149 Å². The van der Waals surface area contributed by atoms with Crippen molar-refractivity contribution in [2.24, 2.45) is 5.41 Å². The molecule has 1 saturated heterocycles. The molecule has 1 heterocycles. The lowest BCUT2D eigenvalue weighted by Crippen LogP contribution is -2.47. The van der Waals surface area contributed by atoms with Crippen LogP contribution in [0.25, 0.3) is 0 Å². The Hall–Kier alpha value is -1.67. The van der Waals surface area contributed by atoms with E-state index in [0.717, 1.165) is 51.1 Å². The summed E-state index contributed by atoms with van der Waals surface area (Å²) in [5, 5.41) is 11.1. The first-order valence-electron chi connectivity index (χ1n) is 8.43. The largest absolute Gasteiger partial charge is 0.369 e. The van der Waals surface area contributed by atoms with Gasteiger partial charge in [0.25, 0.3) is 5.69 Å². The van der Waals surface area contributed by atoms with Crippen LogP contribution in [-0.2, 0) is 9.84 Å². The standard InChI is InChI=1S/C17H27N3O4S/c1-17(2,3)7-8-18-9-11-19(12-10-18)14-5-6-15(20(21)22)16(13-14)25(4,23)24/h5-6,13H,7-12H2,1-4H3. The van der Waals surface area contributed by atoms with Crippen molar-refractivity contribution in [2.45, 2.75) is 32.1 Å². The van der Waals surface area contributed by atoms with Gasteiger partial charge in [0.2, 0.25) is 0 Å². The summed E-state index contributed by atoms with van der Waals surface area (Å²) in [5.41, 5.74) is 0.663. The van der Waals surface area contributed by atoms with Crippen LogP contribution in [0.4, 0.5) is 11.4 Å². The van der Waals surface area contributed by atoms with Crippen molar-refractivity contribution in [1.29, 1.82) is 0 Å². The highest BCUT2D eigenvalue weighted by atomic mass is 32.2. The maximum absolute atomic E-state index is 11.9. The van der Waals surface area contributed by atoms with Gasteiger partial charge in [-0.2, -0.15) is 0 Å². The zero-order valence-corrected chi connectivity index (χ0v) is 16.2. The van der Waals surface area contributed by atoms with Crippen molar-refractivity contribution in [3.05, 3.63) is 28.3 Å². The van der Waals surface area contributed by atoms with Crippen molar-refractivity contribution in [1.82, 2.24) is 4.90 Å². The minimum absolute atomic E-state index is 0.217. The molecule has 1 fully saturated rings. The van der Waals surface area contributed by atoms with Gasteiger partial charge < -0.3 is 4.90 Å². The summed E-state index contributed by atoms with van der Waals surface area (Å²) < 4.78 is 23.8. The fourth-order valence-corrected chi connectivity index (χ4v) is 3.73. The molecule has 7 nitrogen and oxygen atoms in total. The van der Waals surface area contributed by atoms with Gasteiger partial charge in [-0.05, 0) is 30.5 Å². The Bertz CT molecular complexity index is 733. The maximum Gasteiger partial charge on any atom is 0.288 e. The molecule has 8 heteroatoms. The van der Waals surface area contributed by atoms with Crippen LogP contribution in [0.2, 0.25) is 0 Å². The Balaban J connectivity index is 2.10. The van der Waals surface area contributed by atoms with Gasteiger partial charge in [0, 0.05) is 44.2 Å². The second-order valence-corrected chi connectivity index (χ2v) is 9.80. The van der Waals surface area contributed by atoms with E-state index in [1.807, 2.05) is 0 Å². The molecular formula is C17H27N3O4S. The first kappa shape index (κ1) is 19.7. The zero-order valence-electron chi connectivity index (χ0n) is 15.4. The van der Waals surface area contributed by atoms with E-state index in [1.165, 1.54) is 12.1 Å². The molecule has 1 aliphatic heterocycles. The van der Waals surface area contributed by atoms with Crippen LogP contribution in [0.15, 0.2) is 23.1 Å². The van der Waals surface area contributed by atoms with E-state index in [2.05, 4.69) is 30.6 Å². The lowest BCUT2D eigenvalue weighted by atomic mass is 9.92. The average molecular weight is 369 g/mol. The third-order valence-corrected chi connectivity index (χ3v) is 5.58. The molecule has 0 saturated carbocycles. The van der Waals surface area contributed by atoms with Crippen LogP contribution in [0.5, 0.6) is 0 Å². The molecular weight excluding hydrogens is 342 g/mol. The van der Waals surface area contributed by atoms with Crippen molar-refractivity contribution in [3.8, 4) is 0 Å². The highest BCUT2D eigenvalue weighted by molar-refractivity contribution is 7.90. The van der Waals surface area contributed by atoms with E-state index in [-0.39, 0.29) is 10.6 Å². The molecule has 1 aromatic carbocycles. The quantitative estimate of drug-likeness (QED) is 0.586. The van der Waals surface area contributed by atoms with Crippen LogP contribution in [0.3, 0.4) is 0 Å². The topological polar surface area (TPSA) is 83.8 Å². The summed E-state index contributed by atoms with van der Waals surface area (Å²) >= 11 is 0. The fourth-order valence-electron chi connectivity index (χ4n) is 2.87. The number of nitro benzene ring substituents is 1. The number of hydrogen-bond acceptors (Lipinski definition) is 6. The second-order valence-electron chi connectivity index (χ2n) is 7.82. The predicted molar refractivity (Wildman–Crippen MR) is 98.9 cm³/mol. The van der Waals surface area contributed by atoms with Crippen LogP contribution >= 0.6 is 0 Å². The van der Waals surface area contributed by atoms with E-state index in [9.17, 15) is 18.5 Å². The third-order valence-electron chi connectivity index (χ3n) is 4.46. The van der Waals surface area contributed by atoms with Crippen LogP contribution < -0.4 is 4.90 Å². The minimum Gasteiger partial charge on any atom is -0.369 e. The number of piperazine rings is 1. The van der Waals surface area contributed by atoms with Gasteiger partial charge in [-0.15, -0.1) is 0 Å². The van der Waals surface area contributed by atoms with Crippen molar-refractivity contribution < 1.29 is 13.3 Å². The summed E-state index contributed by atoms with van der Waals surface area (Å²) in [4.78, 5) is 14.7. The van der Waals surface area contributed by atoms with Crippen LogP contribution in [0.1, 0.15) is 27.2 Å². The molecule has 0 atom stereocenters. The number of anilines is 1. The number of benzene rings is 1. The smallest absolute Gasteiger partial charge is 0.288 e. The van der Waals surface area contributed by atoms with Crippen molar-refractivity contribution >= 4 is 21.2 Å². The summed E-state index contributed by atoms with van der Waals surface area (Å²) in [6.45, 7) is 11.1. The van der Waals surface area contributed by atoms with E-state index in [4.69, 9.17) is 0 Å². The molecule has 0 aliphatic carbocycles. The Morgan fingerprint density at radius 1 is 1.16 bits per heavy atom. The molecule has 0 aromatic heterocycles. The first-order chi connectivity index (χ1) is 11.5. The normalized spacial score (nSPS) is 16.9. The molecule has 0 radical (unpaired) electrons. The van der Waals surface area contributed by atoms with Crippen molar-refractivity contribution in [3.63, 3.8) is 0 Å². The SMILES string of the molecule is CC(C)(C)CCN1CCN(c2ccc([N+](=O)[O-])c(S(C)(=O)=O)c2)CC1. The van der Waals surface area contributed by atoms with Crippen LogP contribution in [-0.4, -0.2) is 57.2 Å². The summed E-state index contributed by atoms with van der Waals surface area (Å²) in [5.74, 6) is 0. The lowest BCUT2D eigenvalue weighted by molar-refractivity contribution is -0.387. The second kappa shape index (κ2) is 7.29. The highest BCUT2D eigenvalue weighted by Gasteiger charge is 2.25. The van der Waals surface area contributed by atoms with Gasteiger partial charge in [-0.25, -0.2) is 8.42 Å². The lowest BCUT2D eigenvalue weighted by Gasteiger charge is -2.37. The molecule has 0 N–H and O–H groups in total. The molecule has 25 heavy (non-hydrogen) atoms. The molecule has 0 unspecified atom stereocenters. The third kappa shape index (κ3) is 5.40. The molecule has 140 valence electrons. The van der Waals surface area contributed by atoms with Gasteiger partial charge >= 0.3 is 0 Å². The molecule has 2 rings (SSSR count). The Morgan fingerprint density at radius 2 is 1.76 bits per heavy atom. The zero-order chi connectivity index (χ0) is 18.8. The summed E-state index contributed by atoms with van der Waals surface area (Å²) in [6, 6.07) is 4.35. The molecule has 1 aromatic rings. The van der Waals surface area contributed by atoms with E-state index < -0.39 is 14.8 Å². The maximum atomic E-state index is 11.9. The molecule has 0 spiro atoms. The highest BCUT2D eigenvalue weighted by Crippen LogP contribution is 2.29. The number of nitro groups is 1. The van der Waals surface area contributed by atoms with Gasteiger partial charge in [0.05, 0.1) is 4.92 Å². The van der Waals surface area contributed by atoms with E-state index in [0.29, 0.717) is 5.41 Å². The number of hydrogen-bond donors (Lipinski definition) is 0. The van der Waals surface area contributed by atoms with Gasteiger partial charge in [-0.1, -0.05) is 20.8 Å². The van der Waals surface area contributed by atoms with Gasteiger partial charge in [-0.3, -0.25) is 15.0 Å². The number of sulfone groups is 1. The molecule has 1 aliphatic rings. The summed E-state index contributed by atoms with van der Waals surface area (Å²) in [6.07, 6.45) is 2.13. The Kier molecular flexibility index (Phi) is 5.73. The van der Waals surface area contributed by atoms with Gasteiger partial charge in [0.1, 0.15) is 4.90 Å². The Morgan fingerprint density at radius 3 is 2.24 bits per heavy atom. The first-order valence-corrected chi connectivity index (χ1v) is 10.3. The monoisotopic (exact) mass is 369 g/mol. The van der Waals surface area contributed by atoms with E-state index >= 15 is 0 Å².